The molecule has 0 aliphatic carbocycles. The number of aliphatic imine (C=N–C) groups is 1. The highest BCUT2D eigenvalue weighted by Gasteiger charge is 2.30. The summed E-state index contributed by atoms with van der Waals surface area (Å²) >= 11 is 7.10. The van der Waals surface area contributed by atoms with Gasteiger partial charge in [0.25, 0.3) is 5.91 Å². The van der Waals surface area contributed by atoms with E-state index in [4.69, 9.17) is 11.6 Å². The van der Waals surface area contributed by atoms with Crippen LogP contribution in [0.2, 0.25) is 5.02 Å². The van der Waals surface area contributed by atoms with Gasteiger partial charge in [-0.3, -0.25) is 4.79 Å². The van der Waals surface area contributed by atoms with Crippen LogP contribution in [-0.2, 0) is 11.0 Å². The molecule has 0 radical (unpaired) electrons. The quantitative estimate of drug-likeness (QED) is 0.721. The van der Waals surface area contributed by atoms with Gasteiger partial charge in [0.05, 0.1) is 16.2 Å². The summed E-state index contributed by atoms with van der Waals surface area (Å²) in [6, 6.07) is 11.6. The SMILES string of the molecule is O=C1NC(=Nc2cccc(C(F)(F)F)c2)S/C1=C\c1ccccc1Cl. The number of hydrogen-bond acceptors (Lipinski definition) is 3. The number of carbonyl (C=O) groups is 1. The van der Waals surface area contributed by atoms with Gasteiger partial charge in [-0.05, 0) is 47.7 Å². The molecule has 0 spiro atoms. The molecule has 1 fully saturated rings. The van der Waals surface area contributed by atoms with E-state index >= 15 is 0 Å². The molecule has 2 aromatic carbocycles. The molecular formula is C17H10ClF3N2OS. The van der Waals surface area contributed by atoms with Crippen LogP contribution in [0.1, 0.15) is 11.1 Å². The van der Waals surface area contributed by atoms with Crippen LogP contribution in [0, 0.1) is 0 Å². The van der Waals surface area contributed by atoms with E-state index in [1.54, 1.807) is 30.3 Å². The molecule has 0 unspecified atom stereocenters. The number of carbonyl (C=O) groups excluding carboxylic acids is 1. The van der Waals surface area contributed by atoms with Gasteiger partial charge < -0.3 is 5.32 Å². The first-order valence-electron chi connectivity index (χ1n) is 7.04. The van der Waals surface area contributed by atoms with Crippen LogP contribution in [0.3, 0.4) is 0 Å². The number of thioether (sulfide) groups is 1. The van der Waals surface area contributed by atoms with Gasteiger partial charge in [0.1, 0.15) is 0 Å². The fourth-order valence-corrected chi connectivity index (χ4v) is 3.11. The molecule has 1 aliphatic rings. The molecule has 0 atom stereocenters. The zero-order valence-corrected chi connectivity index (χ0v) is 14.0. The second-order valence-electron chi connectivity index (χ2n) is 5.05. The summed E-state index contributed by atoms with van der Waals surface area (Å²) in [5, 5.41) is 3.23. The lowest BCUT2D eigenvalue weighted by Gasteiger charge is -2.06. The molecule has 0 bridgehead atoms. The third-order valence-corrected chi connectivity index (χ3v) is 4.50. The molecule has 128 valence electrons. The summed E-state index contributed by atoms with van der Waals surface area (Å²) in [5.41, 5.74) is -0.0192. The summed E-state index contributed by atoms with van der Waals surface area (Å²) < 4.78 is 38.2. The lowest BCUT2D eigenvalue weighted by atomic mass is 10.2. The van der Waals surface area contributed by atoms with E-state index in [0.29, 0.717) is 15.5 Å². The molecule has 1 saturated heterocycles. The van der Waals surface area contributed by atoms with Crippen molar-refractivity contribution in [1.82, 2.24) is 5.32 Å². The van der Waals surface area contributed by atoms with Crippen molar-refractivity contribution < 1.29 is 18.0 Å². The molecule has 1 amide bonds. The Morgan fingerprint density at radius 1 is 1.12 bits per heavy atom. The predicted octanol–water partition coefficient (Wildman–Crippen LogP) is 5.25. The fourth-order valence-electron chi connectivity index (χ4n) is 2.08. The maximum absolute atomic E-state index is 12.7. The maximum atomic E-state index is 12.7. The van der Waals surface area contributed by atoms with E-state index in [9.17, 15) is 18.0 Å². The smallest absolute Gasteiger partial charge is 0.300 e. The average molecular weight is 383 g/mol. The van der Waals surface area contributed by atoms with Crippen molar-refractivity contribution in [2.75, 3.05) is 0 Å². The number of amidine groups is 1. The van der Waals surface area contributed by atoms with E-state index in [-0.39, 0.29) is 16.8 Å². The Kier molecular flexibility index (Phi) is 4.87. The van der Waals surface area contributed by atoms with Gasteiger partial charge in [-0.15, -0.1) is 0 Å². The summed E-state index contributed by atoms with van der Waals surface area (Å²) in [4.78, 5) is 16.4. The lowest BCUT2D eigenvalue weighted by Crippen LogP contribution is -2.19. The summed E-state index contributed by atoms with van der Waals surface area (Å²) in [7, 11) is 0. The summed E-state index contributed by atoms with van der Waals surface area (Å²) in [6.07, 6.45) is -2.84. The number of amides is 1. The Bertz CT molecular complexity index is 893. The van der Waals surface area contributed by atoms with Crippen molar-refractivity contribution in [2.45, 2.75) is 6.18 Å². The number of nitrogens with one attached hydrogen (secondary N) is 1. The highest BCUT2D eigenvalue weighted by atomic mass is 35.5. The van der Waals surface area contributed by atoms with E-state index in [0.717, 1.165) is 23.9 Å². The van der Waals surface area contributed by atoms with Crippen LogP contribution in [0.4, 0.5) is 18.9 Å². The second kappa shape index (κ2) is 6.93. The molecular weight excluding hydrogens is 373 g/mol. The zero-order chi connectivity index (χ0) is 18.0. The van der Waals surface area contributed by atoms with Crippen LogP contribution in [0.25, 0.3) is 6.08 Å². The summed E-state index contributed by atoms with van der Waals surface area (Å²) in [5.74, 6) is -0.379. The van der Waals surface area contributed by atoms with Gasteiger partial charge in [0.15, 0.2) is 5.17 Å². The Morgan fingerprint density at radius 3 is 2.60 bits per heavy atom. The van der Waals surface area contributed by atoms with Gasteiger partial charge in [-0.2, -0.15) is 13.2 Å². The standard InChI is InChI=1S/C17H10ClF3N2OS/c18-13-7-2-1-4-10(13)8-14-15(24)23-16(25-14)22-12-6-3-5-11(9-12)17(19,20)21/h1-9H,(H,22,23,24)/b14-8-. The minimum absolute atomic E-state index is 0.108. The van der Waals surface area contributed by atoms with Gasteiger partial charge in [-0.25, -0.2) is 4.99 Å². The van der Waals surface area contributed by atoms with Crippen molar-refractivity contribution in [1.29, 1.82) is 0 Å². The Morgan fingerprint density at radius 2 is 1.88 bits per heavy atom. The molecule has 25 heavy (non-hydrogen) atoms. The van der Waals surface area contributed by atoms with Crippen molar-refractivity contribution in [3.05, 3.63) is 69.6 Å². The largest absolute Gasteiger partial charge is 0.416 e. The number of halogens is 4. The van der Waals surface area contributed by atoms with Crippen LogP contribution in [0.5, 0.6) is 0 Å². The first kappa shape index (κ1) is 17.6. The summed E-state index contributed by atoms with van der Waals surface area (Å²) in [6.45, 7) is 0. The predicted molar refractivity (Wildman–Crippen MR) is 93.7 cm³/mol. The highest BCUT2D eigenvalue weighted by molar-refractivity contribution is 8.18. The van der Waals surface area contributed by atoms with Crippen LogP contribution >= 0.6 is 23.4 Å². The topological polar surface area (TPSA) is 41.5 Å². The first-order chi connectivity index (χ1) is 11.8. The highest BCUT2D eigenvalue weighted by Crippen LogP contribution is 2.33. The molecule has 2 aromatic rings. The molecule has 1 N–H and O–H groups in total. The van der Waals surface area contributed by atoms with Crippen molar-refractivity contribution in [2.24, 2.45) is 4.99 Å². The number of hydrogen-bond donors (Lipinski definition) is 1. The third-order valence-electron chi connectivity index (χ3n) is 3.25. The van der Waals surface area contributed by atoms with E-state index in [2.05, 4.69) is 10.3 Å². The zero-order valence-electron chi connectivity index (χ0n) is 12.5. The fraction of sp³-hybridized carbons (Fsp3) is 0.0588. The molecule has 3 rings (SSSR count). The van der Waals surface area contributed by atoms with Crippen molar-refractivity contribution in [3.63, 3.8) is 0 Å². The maximum Gasteiger partial charge on any atom is 0.416 e. The van der Waals surface area contributed by atoms with E-state index in [1.165, 1.54) is 12.1 Å². The molecule has 1 aliphatic heterocycles. The van der Waals surface area contributed by atoms with Gasteiger partial charge in [0.2, 0.25) is 0 Å². The number of benzene rings is 2. The average Bonchev–Trinajstić information content (AvgIpc) is 2.88. The Balaban J connectivity index is 1.86. The molecule has 3 nitrogen and oxygen atoms in total. The minimum atomic E-state index is -4.45. The van der Waals surface area contributed by atoms with Crippen molar-refractivity contribution >= 4 is 46.2 Å². The van der Waals surface area contributed by atoms with Gasteiger partial charge >= 0.3 is 6.18 Å². The van der Waals surface area contributed by atoms with E-state index in [1.807, 2.05) is 0 Å². The van der Waals surface area contributed by atoms with Crippen molar-refractivity contribution in [3.8, 4) is 0 Å². The van der Waals surface area contributed by atoms with E-state index < -0.39 is 11.7 Å². The van der Waals surface area contributed by atoms with Gasteiger partial charge in [0, 0.05) is 5.02 Å². The first-order valence-corrected chi connectivity index (χ1v) is 8.24. The van der Waals surface area contributed by atoms with Gasteiger partial charge in [-0.1, -0.05) is 35.9 Å². The van der Waals surface area contributed by atoms with Crippen LogP contribution < -0.4 is 5.32 Å². The number of rotatable bonds is 2. The molecule has 8 heteroatoms. The monoisotopic (exact) mass is 382 g/mol. The normalized spacial score (nSPS) is 18.0. The number of nitrogens with zero attached hydrogens (tertiary/aromatic N) is 1. The van der Waals surface area contributed by atoms with Crippen LogP contribution in [0.15, 0.2) is 58.4 Å². The second-order valence-corrected chi connectivity index (χ2v) is 6.49. The van der Waals surface area contributed by atoms with Crippen LogP contribution in [-0.4, -0.2) is 11.1 Å². The molecule has 0 aromatic heterocycles. The number of alkyl halides is 3. The molecule has 0 saturated carbocycles. The lowest BCUT2D eigenvalue weighted by molar-refractivity contribution is -0.137. The Hall–Kier alpha value is -2.25. The Labute approximate surface area is 150 Å². The molecule has 1 heterocycles. The minimum Gasteiger partial charge on any atom is -0.300 e. The third kappa shape index (κ3) is 4.24.